The number of benzene rings is 2. The molecule has 3 rings (SSSR count). The molecule has 32 heavy (non-hydrogen) atoms. The molecule has 1 fully saturated rings. The number of methoxy groups -OCH3 is 1. The lowest BCUT2D eigenvalue weighted by molar-refractivity contribution is -0.123. The van der Waals surface area contributed by atoms with Crippen molar-refractivity contribution in [2.45, 2.75) is 19.8 Å². The number of ether oxygens (including phenoxy) is 2. The molecule has 168 valence electrons. The van der Waals surface area contributed by atoms with Gasteiger partial charge in [-0.25, -0.2) is 0 Å². The van der Waals surface area contributed by atoms with Crippen molar-refractivity contribution in [1.82, 2.24) is 10.4 Å². The molecule has 0 saturated carbocycles. The monoisotopic (exact) mass is 554 g/mol. The summed E-state index contributed by atoms with van der Waals surface area (Å²) in [5.74, 6) is 0.284. The molecule has 0 atom stereocenters. The van der Waals surface area contributed by atoms with E-state index in [4.69, 9.17) is 33.3 Å². The minimum absolute atomic E-state index is 0.231. The van der Waals surface area contributed by atoms with Gasteiger partial charge in [0.2, 0.25) is 0 Å². The second kappa shape index (κ2) is 11.2. The number of halogens is 2. The summed E-state index contributed by atoms with van der Waals surface area (Å²) in [5, 5.41) is 1.58. The highest BCUT2D eigenvalue weighted by Gasteiger charge is 2.34. The molecule has 1 heterocycles. The minimum atomic E-state index is -0.461. The van der Waals surface area contributed by atoms with E-state index in [0.29, 0.717) is 38.1 Å². The number of thioether (sulfide) groups is 1. The second-order valence-corrected chi connectivity index (χ2v) is 9.67. The topological polar surface area (TPSA) is 67.9 Å². The van der Waals surface area contributed by atoms with E-state index < -0.39 is 11.8 Å². The zero-order chi connectivity index (χ0) is 23.3. The van der Waals surface area contributed by atoms with Crippen molar-refractivity contribution in [2.75, 3.05) is 13.7 Å². The van der Waals surface area contributed by atoms with Gasteiger partial charge in [0.05, 0.1) is 23.1 Å². The summed E-state index contributed by atoms with van der Waals surface area (Å²) in [7, 11) is 1.56. The summed E-state index contributed by atoms with van der Waals surface area (Å²) in [6.07, 6.45) is 3.65. The fourth-order valence-corrected chi connectivity index (χ4v) is 4.64. The molecule has 0 radical (unpaired) electrons. The lowest BCUT2D eigenvalue weighted by atomic mass is 10.2. The van der Waals surface area contributed by atoms with E-state index >= 15 is 0 Å². The van der Waals surface area contributed by atoms with Crippen LogP contribution in [-0.2, 0) is 4.79 Å². The molecule has 1 aliphatic heterocycles. The van der Waals surface area contributed by atoms with E-state index in [-0.39, 0.29) is 4.32 Å². The third kappa shape index (κ3) is 5.83. The van der Waals surface area contributed by atoms with Gasteiger partial charge in [-0.1, -0.05) is 36.7 Å². The number of hydrogen-bond acceptors (Lipinski definition) is 6. The van der Waals surface area contributed by atoms with Crippen molar-refractivity contribution in [3.8, 4) is 11.5 Å². The zero-order valence-corrected chi connectivity index (χ0v) is 21.3. The van der Waals surface area contributed by atoms with Gasteiger partial charge in [-0.3, -0.25) is 15.0 Å². The SMILES string of the molecule is CCCCOc1c(Br)cc(/C=C2\SC(=S)N(NC(=O)c3ccc(Cl)cc3)C2=O)cc1OC. The van der Waals surface area contributed by atoms with E-state index in [1.807, 2.05) is 6.07 Å². The van der Waals surface area contributed by atoms with Gasteiger partial charge in [0.15, 0.2) is 15.8 Å². The van der Waals surface area contributed by atoms with Crippen molar-refractivity contribution < 1.29 is 19.1 Å². The Morgan fingerprint density at radius 3 is 2.69 bits per heavy atom. The highest BCUT2D eigenvalue weighted by molar-refractivity contribution is 9.10. The summed E-state index contributed by atoms with van der Waals surface area (Å²) < 4.78 is 12.2. The first kappa shape index (κ1) is 24.6. The lowest BCUT2D eigenvalue weighted by Crippen LogP contribution is -2.44. The number of rotatable bonds is 8. The Morgan fingerprint density at radius 1 is 1.31 bits per heavy atom. The number of thiocarbonyl (C=S) groups is 1. The molecule has 0 unspecified atom stereocenters. The van der Waals surface area contributed by atoms with E-state index in [9.17, 15) is 9.59 Å². The van der Waals surface area contributed by atoms with Crippen LogP contribution >= 0.6 is 51.5 Å². The smallest absolute Gasteiger partial charge is 0.285 e. The maximum Gasteiger partial charge on any atom is 0.285 e. The average Bonchev–Trinajstić information content (AvgIpc) is 3.02. The molecule has 2 aromatic rings. The fourth-order valence-electron chi connectivity index (χ4n) is 2.76. The summed E-state index contributed by atoms with van der Waals surface area (Å²) in [6, 6.07) is 9.95. The predicted molar refractivity (Wildman–Crippen MR) is 135 cm³/mol. The van der Waals surface area contributed by atoms with Gasteiger partial charge in [-0.15, -0.1) is 0 Å². The highest BCUT2D eigenvalue weighted by Crippen LogP contribution is 2.39. The molecule has 2 amide bonds. The Hall–Kier alpha value is -2.07. The lowest BCUT2D eigenvalue weighted by Gasteiger charge is -2.15. The van der Waals surface area contributed by atoms with Crippen LogP contribution in [0.2, 0.25) is 5.02 Å². The van der Waals surface area contributed by atoms with Gasteiger partial charge in [0.1, 0.15) is 0 Å². The van der Waals surface area contributed by atoms with Crippen LogP contribution in [0, 0.1) is 0 Å². The zero-order valence-electron chi connectivity index (χ0n) is 17.3. The number of hydrazine groups is 1. The van der Waals surface area contributed by atoms with Crippen LogP contribution in [-0.4, -0.2) is 34.9 Å². The quantitative estimate of drug-likeness (QED) is 0.251. The fraction of sp³-hybridized carbons (Fsp3) is 0.227. The molecular weight excluding hydrogens is 536 g/mol. The molecule has 1 N–H and O–H groups in total. The standard InChI is InChI=1S/C22H20BrClN2O4S2/c1-3-4-9-30-19-16(23)10-13(11-17(19)29-2)12-18-21(28)26(22(31)32-18)25-20(27)14-5-7-15(24)8-6-14/h5-8,10-12H,3-4,9H2,1-2H3,(H,25,27)/b18-12-. The predicted octanol–water partition coefficient (Wildman–Crippen LogP) is 5.84. The minimum Gasteiger partial charge on any atom is -0.493 e. The van der Waals surface area contributed by atoms with Crippen LogP contribution in [0.25, 0.3) is 6.08 Å². The maximum absolute atomic E-state index is 12.9. The van der Waals surface area contributed by atoms with Gasteiger partial charge >= 0.3 is 0 Å². The Bertz CT molecular complexity index is 1080. The second-order valence-electron chi connectivity index (χ2n) is 6.70. The van der Waals surface area contributed by atoms with E-state index in [2.05, 4.69) is 28.3 Å². The number of carbonyl (C=O) groups is 2. The summed E-state index contributed by atoms with van der Waals surface area (Å²) in [5.41, 5.74) is 3.63. The van der Waals surface area contributed by atoms with E-state index in [1.54, 1.807) is 43.5 Å². The van der Waals surface area contributed by atoms with Gasteiger partial charge in [0.25, 0.3) is 11.8 Å². The average molecular weight is 556 g/mol. The molecule has 0 spiro atoms. The van der Waals surface area contributed by atoms with Gasteiger partial charge in [0, 0.05) is 10.6 Å². The summed E-state index contributed by atoms with van der Waals surface area (Å²) in [4.78, 5) is 25.7. The number of amides is 2. The van der Waals surface area contributed by atoms with Crippen LogP contribution in [0.4, 0.5) is 0 Å². The number of unbranched alkanes of at least 4 members (excludes halogenated alkanes) is 1. The van der Waals surface area contributed by atoms with Crippen molar-refractivity contribution in [3.63, 3.8) is 0 Å². The molecule has 1 aliphatic rings. The van der Waals surface area contributed by atoms with Crippen LogP contribution < -0.4 is 14.9 Å². The number of hydrogen-bond donors (Lipinski definition) is 1. The van der Waals surface area contributed by atoms with Crippen molar-refractivity contribution in [1.29, 1.82) is 0 Å². The molecule has 0 bridgehead atoms. The van der Waals surface area contributed by atoms with Crippen LogP contribution in [0.1, 0.15) is 35.7 Å². The van der Waals surface area contributed by atoms with Crippen molar-refractivity contribution in [3.05, 3.63) is 61.9 Å². The summed E-state index contributed by atoms with van der Waals surface area (Å²) >= 11 is 15.8. The van der Waals surface area contributed by atoms with Gasteiger partial charge in [-0.05, 0) is 82.6 Å². The first-order valence-electron chi connectivity index (χ1n) is 9.69. The molecule has 0 aliphatic carbocycles. The Kier molecular flexibility index (Phi) is 8.58. The first-order valence-corrected chi connectivity index (χ1v) is 12.1. The van der Waals surface area contributed by atoms with Gasteiger partial charge in [-0.2, -0.15) is 5.01 Å². The Morgan fingerprint density at radius 2 is 2.03 bits per heavy atom. The van der Waals surface area contributed by atoms with Crippen LogP contribution in [0.15, 0.2) is 45.8 Å². The van der Waals surface area contributed by atoms with Crippen LogP contribution in [0.5, 0.6) is 11.5 Å². The van der Waals surface area contributed by atoms with E-state index in [0.717, 1.165) is 35.2 Å². The number of nitrogens with one attached hydrogen (secondary N) is 1. The van der Waals surface area contributed by atoms with Gasteiger partial charge < -0.3 is 9.47 Å². The molecule has 1 saturated heterocycles. The highest BCUT2D eigenvalue weighted by atomic mass is 79.9. The maximum atomic E-state index is 12.9. The van der Waals surface area contributed by atoms with Crippen molar-refractivity contribution >= 4 is 73.7 Å². The first-order chi connectivity index (χ1) is 15.3. The number of nitrogens with zero attached hydrogens (tertiary/aromatic N) is 1. The van der Waals surface area contributed by atoms with Crippen molar-refractivity contribution in [2.24, 2.45) is 0 Å². The molecule has 6 nitrogen and oxygen atoms in total. The largest absolute Gasteiger partial charge is 0.493 e. The molecule has 2 aromatic carbocycles. The van der Waals surface area contributed by atoms with E-state index in [1.165, 1.54) is 0 Å². The number of carbonyl (C=O) groups excluding carboxylic acids is 2. The molecule has 10 heteroatoms. The van der Waals surface area contributed by atoms with Crippen LogP contribution in [0.3, 0.4) is 0 Å². The third-order valence-electron chi connectivity index (χ3n) is 4.41. The third-order valence-corrected chi connectivity index (χ3v) is 6.55. The Labute approximate surface area is 209 Å². The molecule has 0 aromatic heterocycles. The molecular formula is C22H20BrClN2O4S2. The Balaban J connectivity index is 1.78. The summed E-state index contributed by atoms with van der Waals surface area (Å²) in [6.45, 7) is 2.67. The normalized spacial score (nSPS) is 14.8.